The highest BCUT2D eigenvalue weighted by molar-refractivity contribution is 5.76. The van der Waals surface area contributed by atoms with Gasteiger partial charge in [0.1, 0.15) is 6.10 Å². The zero-order valence-corrected chi connectivity index (χ0v) is 14.0. The molecule has 2 aliphatic rings. The fourth-order valence-corrected chi connectivity index (χ4v) is 3.69. The molecule has 1 amide bonds. The summed E-state index contributed by atoms with van der Waals surface area (Å²) in [6.07, 6.45) is 8.91. The number of carbonyl (C=O) groups is 1. The molecule has 0 spiro atoms. The molecule has 0 saturated heterocycles. The van der Waals surface area contributed by atoms with E-state index in [1.165, 1.54) is 37.7 Å². The number of ether oxygens (including phenoxy) is 2. The van der Waals surface area contributed by atoms with Crippen LogP contribution in [0.15, 0.2) is 18.2 Å². The lowest BCUT2D eigenvalue weighted by Crippen LogP contribution is -2.38. The molecule has 126 valence electrons. The van der Waals surface area contributed by atoms with Crippen molar-refractivity contribution in [1.82, 2.24) is 5.32 Å². The van der Waals surface area contributed by atoms with Crippen molar-refractivity contribution < 1.29 is 14.3 Å². The van der Waals surface area contributed by atoms with E-state index in [-0.39, 0.29) is 12.0 Å². The third-order valence-electron chi connectivity index (χ3n) is 5.03. The van der Waals surface area contributed by atoms with Crippen LogP contribution in [0.4, 0.5) is 0 Å². The van der Waals surface area contributed by atoms with E-state index in [1.807, 2.05) is 12.1 Å². The maximum absolute atomic E-state index is 12.1. The molecule has 1 aliphatic carbocycles. The van der Waals surface area contributed by atoms with Crippen molar-refractivity contribution in [1.29, 1.82) is 0 Å². The van der Waals surface area contributed by atoms with Crippen molar-refractivity contribution in [3.63, 3.8) is 0 Å². The van der Waals surface area contributed by atoms with E-state index in [0.717, 1.165) is 24.3 Å². The summed E-state index contributed by atoms with van der Waals surface area (Å²) < 4.78 is 11.4. The van der Waals surface area contributed by atoms with Crippen molar-refractivity contribution in [2.45, 2.75) is 57.5 Å². The van der Waals surface area contributed by atoms with E-state index in [1.54, 1.807) is 7.11 Å². The number of para-hydroxylation sites is 1. The molecule has 3 rings (SSSR count). The summed E-state index contributed by atoms with van der Waals surface area (Å²) in [5, 5.41) is 3.06. The maximum atomic E-state index is 12.1. The second-order valence-corrected chi connectivity index (χ2v) is 6.74. The minimum atomic E-state index is 0.0362. The number of methoxy groups -OCH3 is 1. The van der Waals surface area contributed by atoms with Gasteiger partial charge in [-0.15, -0.1) is 0 Å². The van der Waals surface area contributed by atoms with Gasteiger partial charge in [0.15, 0.2) is 11.5 Å². The van der Waals surface area contributed by atoms with Gasteiger partial charge in [0.2, 0.25) is 5.91 Å². The molecule has 1 unspecified atom stereocenters. The summed E-state index contributed by atoms with van der Waals surface area (Å²) >= 11 is 0. The molecular formula is C19H27NO3. The van der Waals surface area contributed by atoms with Crippen LogP contribution in [0, 0.1) is 5.92 Å². The summed E-state index contributed by atoms with van der Waals surface area (Å²) in [7, 11) is 1.66. The number of benzene rings is 1. The molecule has 1 heterocycles. The standard InChI is InChI=1S/C19H27NO3/c1-22-17-9-5-8-15-10-11-16(23-19(15)17)13-20-18(21)12-14-6-3-2-4-7-14/h5,8-9,14,16H,2-4,6-7,10-13H2,1H3,(H,20,21). The largest absolute Gasteiger partial charge is 0.493 e. The Morgan fingerprint density at radius 2 is 2.09 bits per heavy atom. The van der Waals surface area contributed by atoms with Gasteiger partial charge in [0, 0.05) is 6.42 Å². The van der Waals surface area contributed by atoms with Gasteiger partial charge in [-0.3, -0.25) is 4.79 Å². The van der Waals surface area contributed by atoms with Crippen LogP contribution in [0.5, 0.6) is 11.5 Å². The second-order valence-electron chi connectivity index (χ2n) is 6.74. The Bertz CT molecular complexity index is 523. The fourth-order valence-electron chi connectivity index (χ4n) is 3.69. The first-order valence-corrected chi connectivity index (χ1v) is 8.85. The van der Waals surface area contributed by atoms with Crippen LogP contribution in [0.3, 0.4) is 0 Å². The quantitative estimate of drug-likeness (QED) is 0.904. The molecule has 1 saturated carbocycles. The number of rotatable bonds is 5. The first-order chi connectivity index (χ1) is 11.3. The van der Waals surface area contributed by atoms with E-state index in [9.17, 15) is 4.79 Å². The molecule has 1 fully saturated rings. The molecule has 23 heavy (non-hydrogen) atoms. The van der Waals surface area contributed by atoms with Gasteiger partial charge in [0.05, 0.1) is 13.7 Å². The molecule has 0 radical (unpaired) electrons. The van der Waals surface area contributed by atoms with Crippen LogP contribution < -0.4 is 14.8 Å². The average molecular weight is 317 g/mol. The maximum Gasteiger partial charge on any atom is 0.220 e. The number of carbonyl (C=O) groups excluding carboxylic acids is 1. The molecule has 1 atom stereocenters. The second kappa shape index (κ2) is 7.71. The van der Waals surface area contributed by atoms with Gasteiger partial charge in [0.25, 0.3) is 0 Å². The van der Waals surface area contributed by atoms with Crippen LogP contribution in [0.2, 0.25) is 0 Å². The van der Waals surface area contributed by atoms with Crippen LogP contribution in [-0.4, -0.2) is 25.7 Å². The normalized spacial score (nSPS) is 21.2. The highest BCUT2D eigenvalue weighted by Gasteiger charge is 2.24. The summed E-state index contributed by atoms with van der Waals surface area (Å²) in [6, 6.07) is 5.99. The number of hydrogen-bond donors (Lipinski definition) is 1. The number of aryl methyl sites for hydroxylation is 1. The minimum Gasteiger partial charge on any atom is -0.493 e. The predicted molar refractivity (Wildman–Crippen MR) is 89.9 cm³/mol. The minimum absolute atomic E-state index is 0.0362. The average Bonchev–Trinajstić information content (AvgIpc) is 2.60. The van der Waals surface area contributed by atoms with Crippen LogP contribution in [-0.2, 0) is 11.2 Å². The van der Waals surface area contributed by atoms with Crippen LogP contribution >= 0.6 is 0 Å². The van der Waals surface area contributed by atoms with E-state index in [4.69, 9.17) is 9.47 Å². The topological polar surface area (TPSA) is 47.6 Å². The highest BCUT2D eigenvalue weighted by Crippen LogP contribution is 2.36. The van der Waals surface area contributed by atoms with Crippen molar-refractivity contribution in [3.05, 3.63) is 23.8 Å². The Balaban J connectivity index is 1.48. The Morgan fingerprint density at radius 1 is 1.26 bits per heavy atom. The van der Waals surface area contributed by atoms with Gasteiger partial charge >= 0.3 is 0 Å². The number of amides is 1. The number of nitrogens with one attached hydrogen (secondary N) is 1. The predicted octanol–water partition coefficient (Wildman–Crippen LogP) is 3.48. The number of hydrogen-bond acceptors (Lipinski definition) is 3. The van der Waals surface area contributed by atoms with Gasteiger partial charge < -0.3 is 14.8 Å². The molecule has 1 aromatic rings. The van der Waals surface area contributed by atoms with Crippen LogP contribution in [0.1, 0.15) is 50.5 Å². The molecule has 1 aliphatic heterocycles. The van der Waals surface area contributed by atoms with E-state index in [2.05, 4.69) is 11.4 Å². The van der Waals surface area contributed by atoms with Crippen molar-refractivity contribution in [3.8, 4) is 11.5 Å². The van der Waals surface area contributed by atoms with E-state index >= 15 is 0 Å². The van der Waals surface area contributed by atoms with Crippen molar-refractivity contribution >= 4 is 5.91 Å². The fraction of sp³-hybridized carbons (Fsp3) is 0.632. The number of fused-ring (bicyclic) bond motifs is 1. The molecule has 1 N–H and O–H groups in total. The first-order valence-electron chi connectivity index (χ1n) is 8.85. The first kappa shape index (κ1) is 16.2. The molecular weight excluding hydrogens is 290 g/mol. The highest BCUT2D eigenvalue weighted by atomic mass is 16.5. The summed E-state index contributed by atoms with van der Waals surface area (Å²) in [6.45, 7) is 0.586. The molecule has 0 bridgehead atoms. The molecule has 1 aromatic carbocycles. The SMILES string of the molecule is COc1cccc2c1OC(CNC(=O)CC1CCCCC1)CC2. The van der Waals surface area contributed by atoms with E-state index < -0.39 is 0 Å². The lowest BCUT2D eigenvalue weighted by Gasteiger charge is -2.28. The van der Waals surface area contributed by atoms with E-state index in [0.29, 0.717) is 18.9 Å². The van der Waals surface area contributed by atoms with Gasteiger partial charge in [-0.2, -0.15) is 0 Å². The Hall–Kier alpha value is -1.71. The monoisotopic (exact) mass is 317 g/mol. The molecule has 4 heteroatoms. The zero-order valence-electron chi connectivity index (χ0n) is 14.0. The summed E-state index contributed by atoms with van der Waals surface area (Å²) in [4.78, 5) is 12.1. The zero-order chi connectivity index (χ0) is 16.1. The van der Waals surface area contributed by atoms with Gasteiger partial charge in [-0.25, -0.2) is 0 Å². The lowest BCUT2D eigenvalue weighted by atomic mass is 9.87. The Morgan fingerprint density at radius 3 is 2.87 bits per heavy atom. The van der Waals surface area contributed by atoms with Gasteiger partial charge in [-0.1, -0.05) is 31.4 Å². The van der Waals surface area contributed by atoms with Gasteiger partial charge in [-0.05, 0) is 43.2 Å². The third kappa shape index (κ3) is 4.18. The third-order valence-corrected chi connectivity index (χ3v) is 5.03. The summed E-state index contributed by atoms with van der Waals surface area (Å²) in [5.41, 5.74) is 1.19. The summed E-state index contributed by atoms with van der Waals surface area (Å²) in [5.74, 6) is 2.37. The Kier molecular flexibility index (Phi) is 5.42. The molecule has 4 nitrogen and oxygen atoms in total. The van der Waals surface area contributed by atoms with Crippen molar-refractivity contribution in [2.24, 2.45) is 5.92 Å². The smallest absolute Gasteiger partial charge is 0.220 e. The van der Waals surface area contributed by atoms with Crippen LogP contribution in [0.25, 0.3) is 0 Å². The van der Waals surface area contributed by atoms with Crippen molar-refractivity contribution in [2.75, 3.05) is 13.7 Å². The Labute approximate surface area is 138 Å². The molecule has 0 aromatic heterocycles. The lowest BCUT2D eigenvalue weighted by molar-refractivity contribution is -0.122.